The van der Waals surface area contributed by atoms with Crippen molar-refractivity contribution >= 4 is 27.9 Å². The Hall–Kier alpha value is -3.72. The number of aryl methyl sites for hydroxylation is 2. The summed E-state index contributed by atoms with van der Waals surface area (Å²) in [5, 5.41) is 2.70. The van der Waals surface area contributed by atoms with E-state index in [1.165, 1.54) is 23.1 Å². The maximum atomic E-state index is 13.6. The van der Waals surface area contributed by atoms with Crippen LogP contribution in [0.2, 0.25) is 0 Å². The molecule has 0 radical (unpaired) electrons. The number of carbonyl (C=O) groups is 1. The van der Waals surface area contributed by atoms with E-state index in [0.29, 0.717) is 22.1 Å². The van der Waals surface area contributed by atoms with Crippen LogP contribution in [0.15, 0.2) is 59.4 Å². The molecule has 7 nitrogen and oxygen atoms in total. The van der Waals surface area contributed by atoms with E-state index in [1.807, 2.05) is 0 Å². The monoisotopic (exact) mass is 479 g/mol. The van der Waals surface area contributed by atoms with Crippen molar-refractivity contribution in [2.75, 3.05) is 11.9 Å². The van der Waals surface area contributed by atoms with Gasteiger partial charge in [0, 0.05) is 28.4 Å². The van der Waals surface area contributed by atoms with Crippen LogP contribution in [-0.2, 0) is 24.2 Å². The summed E-state index contributed by atoms with van der Waals surface area (Å²) in [5.74, 6) is -0.427. The highest BCUT2D eigenvalue weighted by atomic mass is 32.1. The molecule has 0 bridgehead atoms. The first-order chi connectivity index (χ1) is 16.6. The fraction of sp³-hybridized carbons (Fsp3) is 0.240. The van der Waals surface area contributed by atoms with Crippen molar-refractivity contribution in [2.45, 2.75) is 32.3 Å². The third-order valence-corrected chi connectivity index (χ3v) is 6.66. The Morgan fingerprint density at radius 2 is 1.94 bits per heavy atom. The van der Waals surface area contributed by atoms with Crippen LogP contribution in [0.5, 0.6) is 11.5 Å². The number of halogens is 1. The molecular weight excluding hydrogens is 457 g/mol. The van der Waals surface area contributed by atoms with Gasteiger partial charge in [0.05, 0.1) is 5.69 Å². The third-order valence-electron chi connectivity index (χ3n) is 5.51. The van der Waals surface area contributed by atoms with Gasteiger partial charge in [-0.3, -0.25) is 14.0 Å². The van der Waals surface area contributed by atoms with Gasteiger partial charge in [-0.1, -0.05) is 18.2 Å². The predicted molar refractivity (Wildman–Crippen MR) is 127 cm³/mol. The molecule has 2 aromatic heterocycles. The van der Waals surface area contributed by atoms with Gasteiger partial charge in [0.25, 0.3) is 11.5 Å². The molecule has 1 amide bonds. The Morgan fingerprint density at radius 1 is 1.09 bits per heavy atom. The molecule has 0 fully saturated rings. The Kier molecular flexibility index (Phi) is 6.27. The molecule has 174 valence electrons. The molecule has 0 saturated carbocycles. The smallest absolute Gasteiger partial charge is 0.262 e. The molecule has 1 N–H and O–H groups in total. The zero-order valence-electron chi connectivity index (χ0n) is 18.3. The van der Waals surface area contributed by atoms with E-state index in [0.717, 1.165) is 31.4 Å². The van der Waals surface area contributed by atoms with Crippen LogP contribution < -0.4 is 20.3 Å². The second kappa shape index (κ2) is 9.64. The quantitative estimate of drug-likeness (QED) is 0.426. The summed E-state index contributed by atoms with van der Waals surface area (Å²) in [4.78, 5) is 31.5. The van der Waals surface area contributed by atoms with Gasteiger partial charge in [-0.05, 0) is 49.9 Å². The molecule has 1 aliphatic rings. The maximum absolute atomic E-state index is 13.6. The number of anilines is 1. The lowest BCUT2D eigenvalue weighted by atomic mass is 10.0. The second-order valence-corrected chi connectivity index (χ2v) is 9.03. The van der Waals surface area contributed by atoms with Crippen molar-refractivity contribution in [3.8, 4) is 11.5 Å². The second-order valence-electron chi connectivity index (χ2n) is 7.97. The summed E-state index contributed by atoms with van der Waals surface area (Å²) in [5.41, 5.74) is 2.07. The van der Waals surface area contributed by atoms with Crippen molar-refractivity contribution in [3.63, 3.8) is 0 Å². The van der Waals surface area contributed by atoms with Gasteiger partial charge in [0.2, 0.25) is 0 Å². The largest absolute Gasteiger partial charge is 0.487 e. The van der Waals surface area contributed by atoms with Gasteiger partial charge in [0.15, 0.2) is 23.1 Å². The minimum absolute atomic E-state index is 0.0155. The first-order valence-electron chi connectivity index (χ1n) is 11.0. The van der Waals surface area contributed by atoms with Gasteiger partial charge in [0.1, 0.15) is 12.4 Å². The lowest BCUT2D eigenvalue weighted by molar-refractivity contribution is -0.118. The van der Waals surface area contributed by atoms with Crippen molar-refractivity contribution in [2.24, 2.45) is 0 Å². The Balaban J connectivity index is 1.22. The van der Waals surface area contributed by atoms with E-state index < -0.39 is 11.7 Å². The van der Waals surface area contributed by atoms with E-state index in [4.69, 9.17) is 9.47 Å². The summed E-state index contributed by atoms with van der Waals surface area (Å²) in [6.07, 6.45) is 4.15. The minimum atomic E-state index is -0.528. The number of carbonyl (C=O) groups excluding carboxylic acids is 1. The van der Waals surface area contributed by atoms with Crippen LogP contribution in [0.4, 0.5) is 10.1 Å². The molecule has 0 atom stereocenters. The standard InChI is InChI=1S/C25H22FN3O4S/c26-19-8-1-3-10-21(19)33-15-23(30)27-16-6-5-7-18(12-16)32-14-17-13-24(31)29-20-9-2-4-11-22(20)34-25(29)28-17/h1,3,5-8,10,12-13H,2,4,9,11,14-15H2,(H,27,30). The van der Waals surface area contributed by atoms with Crippen LogP contribution in [-0.4, -0.2) is 21.9 Å². The third kappa shape index (κ3) is 4.79. The first kappa shape index (κ1) is 22.1. The van der Waals surface area contributed by atoms with Crippen LogP contribution in [0.25, 0.3) is 4.96 Å². The Morgan fingerprint density at radius 3 is 2.82 bits per heavy atom. The molecule has 0 saturated heterocycles. The average Bonchev–Trinajstić information content (AvgIpc) is 3.21. The topological polar surface area (TPSA) is 81.9 Å². The summed E-state index contributed by atoms with van der Waals surface area (Å²) >= 11 is 1.58. The number of rotatable bonds is 7. The van der Waals surface area contributed by atoms with Crippen molar-refractivity contribution in [1.29, 1.82) is 0 Å². The lowest BCUT2D eigenvalue weighted by Crippen LogP contribution is -2.20. The molecule has 9 heteroatoms. The summed E-state index contributed by atoms with van der Waals surface area (Å²) in [7, 11) is 0. The zero-order chi connectivity index (χ0) is 23.5. The molecule has 1 aliphatic carbocycles. The van der Waals surface area contributed by atoms with Gasteiger partial charge in [-0.2, -0.15) is 0 Å². The highest BCUT2D eigenvalue weighted by molar-refractivity contribution is 7.17. The molecule has 0 aliphatic heterocycles. The zero-order valence-corrected chi connectivity index (χ0v) is 19.1. The minimum Gasteiger partial charge on any atom is -0.487 e. The van der Waals surface area contributed by atoms with Crippen LogP contribution in [0.3, 0.4) is 0 Å². The van der Waals surface area contributed by atoms with Gasteiger partial charge in [-0.15, -0.1) is 11.3 Å². The molecular formula is C25H22FN3O4S. The number of benzene rings is 2. The van der Waals surface area contributed by atoms with Crippen molar-refractivity contribution < 1.29 is 18.7 Å². The number of aromatic nitrogens is 2. The number of ether oxygens (including phenoxy) is 2. The van der Waals surface area contributed by atoms with Gasteiger partial charge >= 0.3 is 0 Å². The van der Waals surface area contributed by atoms with Crippen molar-refractivity contribution in [1.82, 2.24) is 9.38 Å². The maximum Gasteiger partial charge on any atom is 0.262 e. The first-order valence-corrected chi connectivity index (χ1v) is 11.8. The molecule has 34 heavy (non-hydrogen) atoms. The van der Waals surface area contributed by atoms with Crippen molar-refractivity contribution in [3.05, 3.63) is 87.0 Å². The number of para-hydroxylation sites is 1. The molecule has 2 aromatic carbocycles. The number of nitrogens with one attached hydrogen (secondary N) is 1. The highest BCUT2D eigenvalue weighted by Crippen LogP contribution is 2.28. The highest BCUT2D eigenvalue weighted by Gasteiger charge is 2.18. The van der Waals surface area contributed by atoms with E-state index in [-0.39, 0.29) is 24.5 Å². The number of nitrogens with zero attached hydrogens (tertiary/aromatic N) is 2. The average molecular weight is 480 g/mol. The fourth-order valence-electron chi connectivity index (χ4n) is 3.94. The van der Waals surface area contributed by atoms with Gasteiger partial charge in [-0.25, -0.2) is 9.37 Å². The SMILES string of the molecule is O=C(COc1ccccc1F)Nc1cccc(OCc2cc(=O)n3c4c(sc3n2)CCCC4)c1. The molecule has 5 rings (SSSR count). The summed E-state index contributed by atoms with van der Waals surface area (Å²) in [6, 6.07) is 14.3. The normalized spacial score (nSPS) is 12.9. The number of amides is 1. The van der Waals surface area contributed by atoms with Gasteiger partial charge < -0.3 is 14.8 Å². The number of fused-ring (bicyclic) bond motifs is 3. The van der Waals surface area contributed by atoms with E-state index in [9.17, 15) is 14.0 Å². The predicted octanol–water partition coefficient (Wildman–Crippen LogP) is 4.37. The number of hydrogen-bond donors (Lipinski definition) is 1. The van der Waals surface area contributed by atoms with E-state index in [1.54, 1.807) is 52.1 Å². The Labute approximate surface area is 198 Å². The summed E-state index contributed by atoms with van der Waals surface area (Å²) in [6.45, 7) is -0.202. The van der Waals surface area contributed by atoms with Crippen LogP contribution in [0.1, 0.15) is 29.1 Å². The lowest BCUT2D eigenvalue weighted by Gasteiger charge is -2.11. The number of hydrogen-bond acceptors (Lipinski definition) is 6. The van der Waals surface area contributed by atoms with E-state index >= 15 is 0 Å². The molecule has 0 unspecified atom stereocenters. The van der Waals surface area contributed by atoms with E-state index in [2.05, 4.69) is 10.3 Å². The summed E-state index contributed by atoms with van der Waals surface area (Å²) < 4.78 is 26.4. The number of thiazole rings is 1. The fourth-order valence-corrected chi connectivity index (χ4v) is 5.17. The molecule has 4 aromatic rings. The molecule has 2 heterocycles. The van der Waals surface area contributed by atoms with Crippen LogP contribution in [0, 0.1) is 5.82 Å². The Bertz CT molecular complexity index is 1420. The molecule has 0 spiro atoms. The van der Waals surface area contributed by atoms with Crippen LogP contribution >= 0.6 is 11.3 Å².